The number of benzene rings is 1. The van der Waals surface area contributed by atoms with E-state index in [1.54, 1.807) is 19.1 Å². The van der Waals surface area contributed by atoms with Gasteiger partial charge in [0.15, 0.2) is 0 Å². The fourth-order valence-corrected chi connectivity index (χ4v) is 1.80. The van der Waals surface area contributed by atoms with Crippen molar-refractivity contribution >= 4 is 23.4 Å². The molecule has 0 aliphatic rings. The van der Waals surface area contributed by atoms with Crippen molar-refractivity contribution in [3.05, 3.63) is 29.8 Å². The molecule has 3 amide bonds. The summed E-state index contributed by atoms with van der Waals surface area (Å²) in [6, 6.07) is 7.28. The summed E-state index contributed by atoms with van der Waals surface area (Å²) in [4.78, 5) is 34.3. The van der Waals surface area contributed by atoms with Gasteiger partial charge >= 0.3 is 0 Å². The molecule has 7 heteroatoms. The lowest BCUT2D eigenvalue weighted by Crippen LogP contribution is -2.45. The molecular formula is C15H18N4O3. The van der Waals surface area contributed by atoms with Crippen LogP contribution >= 0.6 is 0 Å². The van der Waals surface area contributed by atoms with Gasteiger partial charge in [0.25, 0.3) is 5.91 Å². The molecule has 0 aromatic heterocycles. The maximum Gasteiger partial charge on any atom is 0.251 e. The highest BCUT2D eigenvalue weighted by atomic mass is 16.2. The zero-order valence-electron chi connectivity index (χ0n) is 12.4. The van der Waals surface area contributed by atoms with Crippen molar-refractivity contribution in [1.29, 1.82) is 5.26 Å². The third kappa shape index (κ3) is 5.25. The zero-order valence-corrected chi connectivity index (χ0v) is 12.4. The number of rotatable bonds is 6. The van der Waals surface area contributed by atoms with E-state index in [0.717, 1.165) is 0 Å². The predicted molar refractivity (Wildman–Crippen MR) is 80.6 cm³/mol. The first-order valence-corrected chi connectivity index (χ1v) is 6.71. The van der Waals surface area contributed by atoms with Crippen molar-refractivity contribution in [3.63, 3.8) is 0 Å². The second-order valence-corrected chi connectivity index (χ2v) is 4.95. The van der Waals surface area contributed by atoms with Gasteiger partial charge in [0.05, 0.1) is 6.07 Å². The number of primary amides is 1. The van der Waals surface area contributed by atoms with E-state index in [9.17, 15) is 14.4 Å². The van der Waals surface area contributed by atoms with E-state index < -0.39 is 23.8 Å². The summed E-state index contributed by atoms with van der Waals surface area (Å²) in [5, 5.41) is 13.9. The number of hydrogen-bond donors (Lipinski definition) is 3. The highest BCUT2D eigenvalue weighted by molar-refractivity contribution is 5.98. The molecule has 0 aliphatic carbocycles. The summed E-state index contributed by atoms with van der Waals surface area (Å²) in [6.45, 7) is 3.03. The third-order valence-corrected chi connectivity index (χ3v) is 2.93. The van der Waals surface area contributed by atoms with Crippen molar-refractivity contribution in [1.82, 2.24) is 5.32 Å². The minimum atomic E-state index is -0.905. The molecule has 0 saturated heterocycles. The van der Waals surface area contributed by atoms with Gasteiger partial charge in [0.2, 0.25) is 11.8 Å². The number of nitriles is 1. The van der Waals surface area contributed by atoms with Crippen molar-refractivity contribution in [2.45, 2.75) is 26.3 Å². The van der Waals surface area contributed by atoms with Crippen LogP contribution in [0.2, 0.25) is 0 Å². The van der Waals surface area contributed by atoms with Gasteiger partial charge in [-0.3, -0.25) is 14.4 Å². The minimum Gasteiger partial charge on any atom is -0.368 e. The number of nitrogens with two attached hydrogens (primary N) is 1. The Morgan fingerprint density at radius 1 is 1.27 bits per heavy atom. The number of carbonyl (C=O) groups is 3. The largest absolute Gasteiger partial charge is 0.368 e. The van der Waals surface area contributed by atoms with E-state index in [2.05, 4.69) is 10.6 Å². The van der Waals surface area contributed by atoms with E-state index in [1.807, 2.05) is 6.07 Å². The summed E-state index contributed by atoms with van der Waals surface area (Å²) < 4.78 is 0. The maximum atomic E-state index is 12.1. The van der Waals surface area contributed by atoms with Gasteiger partial charge < -0.3 is 16.4 Å². The molecular weight excluding hydrogens is 284 g/mol. The Kier molecular flexibility index (Phi) is 6.08. The van der Waals surface area contributed by atoms with Crippen LogP contribution in [0.5, 0.6) is 0 Å². The fraction of sp³-hybridized carbons (Fsp3) is 0.333. The van der Waals surface area contributed by atoms with Crippen molar-refractivity contribution in [3.8, 4) is 6.07 Å². The molecule has 116 valence electrons. The average Bonchev–Trinajstić information content (AvgIpc) is 2.46. The SMILES string of the molecule is CC(=O)Nc1ccc(C(=O)N[C@H](C[C@@H](C)C#N)C(N)=O)cc1. The standard InChI is InChI=1S/C15H18N4O3/c1-9(8-16)7-13(14(17)21)19-15(22)11-3-5-12(6-4-11)18-10(2)20/h3-6,9,13H,7H2,1-2H3,(H2,17,21)(H,18,20)(H,19,22)/t9-,13-/m1/s1. The summed E-state index contributed by atoms with van der Waals surface area (Å²) in [7, 11) is 0. The molecule has 0 radical (unpaired) electrons. The molecule has 2 atom stereocenters. The number of anilines is 1. The Labute approximate surface area is 128 Å². The van der Waals surface area contributed by atoms with E-state index in [4.69, 9.17) is 11.0 Å². The average molecular weight is 302 g/mol. The van der Waals surface area contributed by atoms with Crippen LogP contribution in [-0.4, -0.2) is 23.8 Å². The van der Waals surface area contributed by atoms with E-state index in [1.165, 1.54) is 19.1 Å². The molecule has 0 saturated carbocycles. The van der Waals surface area contributed by atoms with Gasteiger partial charge in [-0.2, -0.15) is 5.26 Å². The number of hydrogen-bond acceptors (Lipinski definition) is 4. The van der Waals surface area contributed by atoms with Crippen LogP contribution in [0.4, 0.5) is 5.69 Å². The van der Waals surface area contributed by atoms with Gasteiger partial charge in [-0.15, -0.1) is 0 Å². The van der Waals surface area contributed by atoms with E-state index >= 15 is 0 Å². The quantitative estimate of drug-likeness (QED) is 0.717. The van der Waals surface area contributed by atoms with Crippen LogP contribution in [0.1, 0.15) is 30.6 Å². The van der Waals surface area contributed by atoms with Crippen molar-refractivity contribution in [2.75, 3.05) is 5.32 Å². The first-order chi connectivity index (χ1) is 10.3. The molecule has 7 nitrogen and oxygen atoms in total. The second kappa shape index (κ2) is 7.78. The molecule has 22 heavy (non-hydrogen) atoms. The Hall–Kier alpha value is -2.88. The van der Waals surface area contributed by atoms with Crippen LogP contribution in [0.15, 0.2) is 24.3 Å². The molecule has 1 aromatic rings. The molecule has 1 rings (SSSR count). The van der Waals surface area contributed by atoms with Crippen LogP contribution in [0.25, 0.3) is 0 Å². The van der Waals surface area contributed by atoms with E-state index in [-0.39, 0.29) is 12.3 Å². The van der Waals surface area contributed by atoms with Crippen LogP contribution in [0.3, 0.4) is 0 Å². The number of carbonyl (C=O) groups excluding carboxylic acids is 3. The molecule has 0 fully saturated rings. The summed E-state index contributed by atoms with van der Waals surface area (Å²) in [5.41, 5.74) is 6.12. The summed E-state index contributed by atoms with van der Waals surface area (Å²) in [6.07, 6.45) is 0.154. The van der Waals surface area contributed by atoms with Gasteiger partial charge in [-0.1, -0.05) is 0 Å². The lowest BCUT2D eigenvalue weighted by Gasteiger charge is -2.16. The Balaban J connectivity index is 2.75. The van der Waals surface area contributed by atoms with Crippen molar-refractivity contribution < 1.29 is 14.4 Å². The lowest BCUT2D eigenvalue weighted by atomic mass is 10.0. The molecule has 4 N–H and O–H groups in total. The van der Waals surface area contributed by atoms with Crippen molar-refractivity contribution in [2.24, 2.45) is 11.7 Å². The minimum absolute atomic E-state index is 0.154. The highest BCUT2D eigenvalue weighted by Gasteiger charge is 2.21. The Morgan fingerprint density at radius 2 is 1.86 bits per heavy atom. The molecule has 0 unspecified atom stereocenters. The van der Waals surface area contributed by atoms with Crippen LogP contribution in [0, 0.1) is 17.2 Å². The topological polar surface area (TPSA) is 125 Å². The normalized spacial score (nSPS) is 12.6. The number of nitrogens with zero attached hydrogens (tertiary/aromatic N) is 1. The molecule has 0 heterocycles. The van der Waals surface area contributed by atoms with Crippen LogP contribution in [-0.2, 0) is 9.59 Å². The van der Waals surface area contributed by atoms with Gasteiger partial charge in [-0.25, -0.2) is 0 Å². The lowest BCUT2D eigenvalue weighted by molar-refractivity contribution is -0.120. The molecule has 0 spiro atoms. The fourth-order valence-electron chi connectivity index (χ4n) is 1.80. The predicted octanol–water partition coefficient (Wildman–Crippen LogP) is 0.778. The molecule has 0 bridgehead atoms. The Morgan fingerprint density at radius 3 is 2.32 bits per heavy atom. The molecule has 0 aliphatic heterocycles. The van der Waals surface area contributed by atoms with E-state index in [0.29, 0.717) is 11.3 Å². The van der Waals surface area contributed by atoms with Gasteiger partial charge in [0, 0.05) is 24.1 Å². The first kappa shape index (κ1) is 17.2. The monoisotopic (exact) mass is 302 g/mol. The summed E-state index contributed by atoms with van der Waals surface area (Å²) in [5.74, 6) is -1.77. The Bertz CT molecular complexity index is 604. The smallest absolute Gasteiger partial charge is 0.251 e. The third-order valence-electron chi connectivity index (χ3n) is 2.93. The number of amides is 3. The highest BCUT2D eigenvalue weighted by Crippen LogP contribution is 2.11. The van der Waals surface area contributed by atoms with Gasteiger partial charge in [-0.05, 0) is 37.6 Å². The van der Waals surface area contributed by atoms with Crippen LogP contribution < -0.4 is 16.4 Å². The summed E-state index contributed by atoms with van der Waals surface area (Å²) >= 11 is 0. The second-order valence-electron chi connectivity index (χ2n) is 4.95. The zero-order chi connectivity index (χ0) is 16.7. The maximum absolute atomic E-state index is 12.1. The molecule has 1 aromatic carbocycles. The first-order valence-electron chi connectivity index (χ1n) is 6.71. The number of nitrogens with one attached hydrogen (secondary N) is 2. The van der Waals surface area contributed by atoms with Gasteiger partial charge in [0.1, 0.15) is 6.04 Å².